The zero-order chi connectivity index (χ0) is 22.9. The van der Waals surface area contributed by atoms with Crippen LogP contribution in [0.1, 0.15) is 73.1 Å². The lowest BCUT2D eigenvalue weighted by Gasteiger charge is -2.60. The van der Waals surface area contributed by atoms with Crippen molar-refractivity contribution in [2.24, 2.45) is 34.5 Å². The van der Waals surface area contributed by atoms with E-state index in [1.165, 1.54) is 5.57 Å². The number of carbonyl (C=O) groups is 2. The minimum Gasteiger partial charge on any atom is -0.328 e. The summed E-state index contributed by atoms with van der Waals surface area (Å²) in [4.78, 5) is 25.7. The van der Waals surface area contributed by atoms with E-state index < -0.39 is 11.6 Å². The number of ketones is 2. The average molecular weight is 443 g/mol. The van der Waals surface area contributed by atoms with Crippen LogP contribution in [0.2, 0.25) is 0 Å². The molecule has 1 spiro atoms. The maximum absolute atomic E-state index is 13.6. The molecule has 8 atom stereocenters. The van der Waals surface area contributed by atoms with Gasteiger partial charge in [0.05, 0.1) is 0 Å². The van der Waals surface area contributed by atoms with Crippen molar-refractivity contribution in [1.82, 2.24) is 0 Å². The lowest BCUT2D eigenvalue weighted by Crippen LogP contribution is -2.67. The molecule has 3 saturated carbocycles. The van der Waals surface area contributed by atoms with E-state index in [1.807, 2.05) is 19.9 Å². The van der Waals surface area contributed by atoms with E-state index in [1.54, 1.807) is 6.08 Å². The van der Waals surface area contributed by atoms with Crippen molar-refractivity contribution in [3.05, 3.63) is 23.8 Å². The SMILES string of the molecule is CCOC1(CC)OCC(=O)[C@@]2(O1)[C@@H](C)C[C@H]1[C@@H]3CCC4=CC(=O)C=C[C@]4(C)[C@H]3CC[C@@]12C. The van der Waals surface area contributed by atoms with Gasteiger partial charge in [0.1, 0.15) is 12.2 Å². The second-order valence-corrected chi connectivity index (χ2v) is 11.2. The number of Topliss-reactive ketones (excluding diaryl/α,β-unsaturated/α-hetero) is 1. The van der Waals surface area contributed by atoms with Crippen molar-refractivity contribution in [2.45, 2.75) is 84.7 Å². The highest BCUT2D eigenvalue weighted by molar-refractivity contribution is 6.01. The Morgan fingerprint density at radius 3 is 2.66 bits per heavy atom. The summed E-state index contributed by atoms with van der Waals surface area (Å²) in [7, 11) is 0. The summed E-state index contributed by atoms with van der Waals surface area (Å²) in [6.07, 6.45) is 11.4. The summed E-state index contributed by atoms with van der Waals surface area (Å²) >= 11 is 0. The Morgan fingerprint density at radius 1 is 1.16 bits per heavy atom. The van der Waals surface area contributed by atoms with E-state index in [2.05, 4.69) is 26.8 Å². The quantitative estimate of drug-likeness (QED) is 0.616. The van der Waals surface area contributed by atoms with Gasteiger partial charge in [-0.3, -0.25) is 9.59 Å². The van der Waals surface area contributed by atoms with Crippen LogP contribution < -0.4 is 0 Å². The fraction of sp³-hybridized carbons (Fsp3) is 0.778. The first-order chi connectivity index (χ1) is 15.2. The number of fused-ring (bicyclic) bond motifs is 6. The highest BCUT2D eigenvalue weighted by Crippen LogP contribution is 2.70. The molecule has 5 rings (SSSR count). The van der Waals surface area contributed by atoms with Crippen LogP contribution in [-0.2, 0) is 23.8 Å². The van der Waals surface area contributed by atoms with E-state index in [4.69, 9.17) is 14.2 Å². The minimum atomic E-state index is -1.13. The van der Waals surface area contributed by atoms with Crippen LogP contribution in [0.3, 0.4) is 0 Å². The van der Waals surface area contributed by atoms with E-state index in [-0.39, 0.29) is 34.9 Å². The molecule has 1 aliphatic heterocycles. The van der Waals surface area contributed by atoms with Gasteiger partial charge >= 0.3 is 0 Å². The van der Waals surface area contributed by atoms with E-state index in [0.29, 0.717) is 30.8 Å². The number of rotatable bonds is 3. The predicted molar refractivity (Wildman–Crippen MR) is 121 cm³/mol. The summed E-state index contributed by atoms with van der Waals surface area (Å²) < 4.78 is 18.6. The first-order valence-corrected chi connectivity index (χ1v) is 12.6. The first kappa shape index (κ1) is 22.5. The Hall–Kier alpha value is -1.30. The zero-order valence-electron chi connectivity index (χ0n) is 20.2. The molecule has 0 N–H and O–H groups in total. The fourth-order valence-electron chi connectivity index (χ4n) is 8.52. The number of hydrogen-bond acceptors (Lipinski definition) is 5. The van der Waals surface area contributed by atoms with Crippen molar-refractivity contribution < 1.29 is 23.8 Å². The minimum absolute atomic E-state index is 0.0454. The molecule has 32 heavy (non-hydrogen) atoms. The molecule has 0 bridgehead atoms. The van der Waals surface area contributed by atoms with Crippen LogP contribution in [-0.4, -0.2) is 36.4 Å². The summed E-state index contributed by atoms with van der Waals surface area (Å²) in [6.45, 7) is 11.3. The molecule has 0 amide bonds. The van der Waals surface area contributed by atoms with Crippen molar-refractivity contribution in [3.63, 3.8) is 0 Å². The number of ether oxygens (including phenoxy) is 3. The van der Waals surface area contributed by atoms with Crippen molar-refractivity contribution in [1.29, 1.82) is 0 Å². The second kappa shape index (κ2) is 7.35. The molecule has 176 valence electrons. The maximum Gasteiger partial charge on any atom is 0.284 e. The van der Waals surface area contributed by atoms with Crippen molar-refractivity contribution in [3.8, 4) is 0 Å². The normalized spacial score (nSPS) is 50.1. The lowest BCUT2D eigenvalue weighted by atomic mass is 9.47. The largest absolute Gasteiger partial charge is 0.328 e. The monoisotopic (exact) mass is 442 g/mol. The van der Waals surface area contributed by atoms with E-state index in [9.17, 15) is 9.59 Å². The molecule has 1 saturated heterocycles. The van der Waals surface area contributed by atoms with Gasteiger partial charge in [0.15, 0.2) is 11.6 Å². The van der Waals surface area contributed by atoms with Gasteiger partial charge in [-0.1, -0.05) is 39.3 Å². The highest BCUT2D eigenvalue weighted by Gasteiger charge is 2.72. The molecule has 0 aromatic rings. The van der Waals surface area contributed by atoms with Gasteiger partial charge in [-0.25, -0.2) is 0 Å². The van der Waals surface area contributed by atoms with Gasteiger partial charge in [0.2, 0.25) is 0 Å². The summed E-state index contributed by atoms with van der Waals surface area (Å²) in [5.41, 5.74) is 0.158. The molecule has 5 heteroatoms. The Labute approximate surface area is 191 Å². The van der Waals surface area contributed by atoms with Crippen molar-refractivity contribution >= 4 is 11.6 Å². The number of allylic oxidation sites excluding steroid dienone is 4. The number of carbonyl (C=O) groups excluding carboxylic acids is 2. The summed E-state index contributed by atoms with van der Waals surface area (Å²) in [5, 5.41) is 0. The lowest BCUT2D eigenvalue weighted by molar-refractivity contribution is -0.433. The predicted octanol–water partition coefficient (Wildman–Crippen LogP) is 5.00. The Balaban J connectivity index is 1.53. The molecule has 5 aliphatic rings. The molecular weight excluding hydrogens is 404 g/mol. The molecule has 5 nitrogen and oxygen atoms in total. The molecule has 1 heterocycles. The first-order valence-electron chi connectivity index (χ1n) is 12.6. The Bertz CT molecular complexity index is 890. The topological polar surface area (TPSA) is 61.8 Å². The standard InChI is InChI=1S/C27H38O5/c1-6-26(30-7-2)31-16-23(29)27(32-26)17(3)14-22-20-9-8-18-15-19(28)10-12-24(18,4)21(20)11-13-25(22,27)5/h10,12,15,17,20-22H,6-9,11,13-14,16H2,1-5H3/t17-,20+,21-,22-,24-,25-,26?,27-/m0/s1. The van der Waals surface area contributed by atoms with Crippen LogP contribution in [0.4, 0.5) is 0 Å². The zero-order valence-corrected chi connectivity index (χ0v) is 20.2. The summed E-state index contributed by atoms with van der Waals surface area (Å²) in [5.74, 6) is 0.641. The Morgan fingerprint density at radius 2 is 1.94 bits per heavy atom. The third-order valence-electron chi connectivity index (χ3n) is 10.0. The molecular formula is C27H38O5. The third-order valence-corrected chi connectivity index (χ3v) is 10.0. The van der Waals surface area contributed by atoms with Gasteiger partial charge in [0, 0.05) is 23.9 Å². The van der Waals surface area contributed by atoms with Crippen LogP contribution in [0, 0.1) is 34.5 Å². The van der Waals surface area contributed by atoms with Gasteiger partial charge < -0.3 is 14.2 Å². The summed E-state index contributed by atoms with van der Waals surface area (Å²) in [6, 6.07) is 0. The third kappa shape index (κ3) is 2.74. The molecule has 0 aromatic heterocycles. The molecule has 4 aliphatic carbocycles. The Kier molecular flexibility index (Phi) is 5.16. The van der Waals surface area contributed by atoms with E-state index in [0.717, 1.165) is 32.1 Å². The van der Waals surface area contributed by atoms with Gasteiger partial charge in [-0.05, 0) is 74.9 Å². The molecule has 0 aromatic carbocycles. The van der Waals surface area contributed by atoms with Gasteiger partial charge in [0.25, 0.3) is 5.97 Å². The van der Waals surface area contributed by atoms with Crippen molar-refractivity contribution in [2.75, 3.05) is 13.2 Å². The maximum atomic E-state index is 13.6. The molecule has 4 fully saturated rings. The van der Waals surface area contributed by atoms with Crippen LogP contribution in [0.15, 0.2) is 23.8 Å². The highest BCUT2D eigenvalue weighted by atomic mass is 16.9. The molecule has 1 unspecified atom stereocenters. The smallest absolute Gasteiger partial charge is 0.284 e. The van der Waals surface area contributed by atoms with Gasteiger partial charge in [-0.2, -0.15) is 0 Å². The number of hydrogen-bond donors (Lipinski definition) is 0. The average Bonchev–Trinajstić information content (AvgIpc) is 2.99. The fourth-order valence-corrected chi connectivity index (χ4v) is 8.52. The van der Waals surface area contributed by atoms with E-state index >= 15 is 0 Å². The van der Waals surface area contributed by atoms with Crippen LogP contribution >= 0.6 is 0 Å². The molecule has 0 radical (unpaired) electrons. The second-order valence-electron chi connectivity index (χ2n) is 11.2. The van der Waals surface area contributed by atoms with Crippen LogP contribution in [0.5, 0.6) is 0 Å². The van der Waals surface area contributed by atoms with Gasteiger partial charge in [-0.15, -0.1) is 0 Å². The van der Waals surface area contributed by atoms with Crippen LogP contribution in [0.25, 0.3) is 0 Å².